The molecular formula is C15H20N2O. The molecule has 1 amide bonds. The molecule has 1 aromatic rings. The molecule has 2 aliphatic carbocycles. The van der Waals surface area contributed by atoms with E-state index >= 15 is 0 Å². The molecule has 2 aliphatic rings. The molecule has 0 unspecified atom stereocenters. The Morgan fingerprint density at radius 3 is 2.61 bits per heavy atom. The molecule has 3 heteroatoms. The van der Waals surface area contributed by atoms with Gasteiger partial charge in [0.15, 0.2) is 0 Å². The molecule has 3 nitrogen and oxygen atoms in total. The SMILES string of the molecule is NC(=O)[C@@]12CCC[C@@](Nc3ccccc3)(CC1)C2. The zero-order chi connectivity index (χ0) is 12.6. The second-order valence-electron chi connectivity index (χ2n) is 5.95. The number of primary amides is 1. The average molecular weight is 244 g/mol. The summed E-state index contributed by atoms with van der Waals surface area (Å²) < 4.78 is 0. The topological polar surface area (TPSA) is 55.1 Å². The lowest BCUT2D eigenvalue weighted by Crippen LogP contribution is -2.44. The van der Waals surface area contributed by atoms with E-state index in [2.05, 4.69) is 17.4 Å². The van der Waals surface area contributed by atoms with Gasteiger partial charge in [-0.3, -0.25) is 4.79 Å². The van der Waals surface area contributed by atoms with Crippen LogP contribution in [0.25, 0.3) is 0 Å². The Bertz CT molecular complexity index is 459. The predicted molar refractivity (Wildman–Crippen MR) is 72.1 cm³/mol. The highest BCUT2D eigenvalue weighted by Gasteiger charge is 2.54. The maximum absolute atomic E-state index is 11.7. The number of amides is 1. The van der Waals surface area contributed by atoms with Crippen LogP contribution in [0.3, 0.4) is 0 Å². The van der Waals surface area contributed by atoms with Crippen molar-refractivity contribution in [1.82, 2.24) is 0 Å². The number of anilines is 1. The Morgan fingerprint density at radius 2 is 1.89 bits per heavy atom. The molecule has 2 atom stereocenters. The first kappa shape index (κ1) is 11.6. The van der Waals surface area contributed by atoms with Crippen LogP contribution in [0.4, 0.5) is 5.69 Å². The third kappa shape index (κ3) is 1.78. The van der Waals surface area contributed by atoms with Crippen LogP contribution in [0.2, 0.25) is 0 Å². The van der Waals surface area contributed by atoms with Gasteiger partial charge in [-0.1, -0.05) is 24.6 Å². The Labute approximate surface area is 108 Å². The second kappa shape index (κ2) is 4.01. The van der Waals surface area contributed by atoms with E-state index in [1.54, 1.807) is 0 Å². The summed E-state index contributed by atoms with van der Waals surface area (Å²) in [5, 5.41) is 3.66. The second-order valence-corrected chi connectivity index (χ2v) is 5.95. The molecule has 3 rings (SSSR count). The summed E-state index contributed by atoms with van der Waals surface area (Å²) in [4.78, 5) is 11.7. The fraction of sp³-hybridized carbons (Fsp3) is 0.533. The van der Waals surface area contributed by atoms with Crippen LogP contribution in [-0.4, -0.2) is 11.4 Å². The number of carbonyl (C=O) groups excluding carboxylic acids is 1. The Kier molecular flexibility index (Phi) is 2.58. The van der Waals surface area contributed by atoms with Gasteiger partial charge in [0.2, 0.25) is 5.91 Å². The summed E-state index contributed by atoms with van der Waals surface area (Å²) in [5.74, 6) is -0.0982. The lowest BCUT2D eigenvalue weighted by molar-refractivity contribution is -0.128. The number of benzene rings is 1. The van der Waals surface area contributed by atoms with Crippen molar-refractivity contribution in [3.8, 4) is 0 Å². The summed E-state index contributed by atoms with van der Waals surface area (Å²) in [6.07, 6.45) is 6.14. The monoisotopic (exact) mass is 244 g/mol. The first-order valence-corrected chi connectivity index (χ1v) is 6.77. The molecule has 96 valence electrons. The minimum atomic E-state index is -0.236. The van der Waals surface area contributed by atoms with E-state index in [1.807, 2.05) is 18.2 Å². The normalized spacial score (nSPS) is 34.2. The van der Waals surface area contributed by atoms with Crippen LogP contribution in [0, 0.1) is 5.41 Å². The number of hydrogen-bond acceptors (Lipinski definition) is 2. The van der Waals surface area contributed by atoms with Gasteiger partial charge in [-0.15, -0.1) is 0 Å². The van der Waals surface area contributed by atoms with Gasteiger partial charge >= 0.3 is 0 Å². The standard InChI is InChI=1S/C15H20N2O/c16-13(18)14-7-4-8-15(11-14,10-9-14)17-12-5-2-1-3-6-12/h1-3,5-6,17H,4,7-11H2,(H2,16,18)/t14-,15+/m0/s1. The molecule has 0 radical (unpaired) electrons. The first-order chi connectivity index (χ1) is 8.64. The van der Waals surface area contributed by atoms with Gasteiger partial charge < -0.3 is 11.1 Å². The van der Waals surface area contributed by atoms with E-state index in [4.69, 9.17) is 5.73 Å². The van der Waals surface area contributed by atoms with Crippen molar-refractivity contribution in [3.05, 3.63) is 30.3 Å². The van der Waals surface area contributed by atoms with E-state index in [1.165, 1.54) is 0 Å². The number of para-hydroxylation sites is 1. The predicted octanol–water partition coefficient (Wildman–Crippen LogP) is 2.68. The Morgan fingerprint density at radius 1 is 1.11 bits per heavy atom. The molecular weight excluding hydrogens is 224 g/mol. The van der Waals surface area contributed by atoms with Crippen molar-refractivity contribution in [2.75, 3.05) is 5.32 Å². The van der Waals surface area contributed by atoms with Gasteiger partial charge in [-0.25, -0.2) is 0 Å². The van der Waals surface area contributed by atoms with Crippen molar-refractivity contribution < 1.29 is 4.79 Å². The van der Waals surface area contributed by atoms with Gasteiger partial charge in [0.25, 0.3) is 0 Å². The number of carbonyl (C=O) groups is 1. The molecule has 18 heavy (non-hydrogen) atoms. The van der Waals surface area contributed by atoms with Gasteiger partial charge in [0.05, 0.1) is 5.41 Å². The minimum absolute atomic E-state index is 0.0919. The van der Waals surface area contributed by atoms with E-state index in [0.29, 0.717) is 0 Å². The van der Waals surface area contributed by atoms with Crippen molar-refractivity contribution >= 4 is 11.6 Å². The van der Waals surface area contributed by atoms with Gasteiger partial charge in [0.1, 0.15) is 0 Å². The lowest BCUT2D eigenvalue weighted by atomic mass is 9.72. The van der Waals surface area contributed by atoms with Gasteiger partial charge in [-0.05, 0) is 44.2 Å². The quantitative estimate of drug-likeness (QED) is 0.859. The molecule has 0 heterocycles. The molecule has 1 aromatic carbocycles. The number of hydrogen-bond donors (Lipinski definition) is 2. The summed E-state index contributed by atoms with van der Waals surface area (Å²) in [7, 11) is 0. The van der Waals surface area contributed by atoms with E-state index in [-0.39, 0.29) is 16.9 Å². The minimum Gasteiger partial charge on any atom is -0.380 e. The summed E-state index contributed by atoms with van der Waals surface area (Å²) >= 11 is 0. The van der Waals surface area contributed by atoms with Crippen molar-refractivity contribution in [1.29, 1.82) is 0 Å². The fourth-order valence-corrected chi connectivity index (χ4v) is 3.83. The summed E-state index contributed by atoms with van der Waals surface area (Å²) in [5.41, 5.74) is 6.63. The molecule has 3 N–H and O–H groups in total. The molecule has 0 aromatic heterocycles. The largest absolute Gasteiger partial charge is 0.380 e. The maximum atomic E-state index is 11.7. The summed E-state index contributed by atoms with van der Waals surface area (Å²) in [6, 6.07) is 10.3. The average Bonchev–Trinajstić information content (AvgIpc) is 2.63. The van der Waals surface area contributed by atoms with Crippen molar-refractivity contribution in [3.63, 3.8) is 0 Å². The maximum Gasteiger partial charge on any atom is 0.223 e. The van der Waals surface area contributed by atoms with Crippen molar-refractivity contribution in [2.24, 2.45) is 11.1 Å². The molecule has 2 saturated carbocycles. The van der Waals surface area contributed by atoms with Crippen LogP contribution in [0.1, 0.15) is 38.5 Å². The smallest absolute Gasteiger partial charge is 0.223 e. The highest BCUT2D eigenvalue weighted by Crippen LogP contribution is 2.54. The van der Waals surface area contributed by atoms with Gasteiger partial charge in [0, 0.05) is 11.2 Å². The highest BCUT2D eigenvalue weighted by atomic mass is 16.1. The number of nitrogens with one attached hydrogen (secondary N) is 1. The molecule has 0 spiro atoms. The number of fused-ring (bicyclic) bond motifs is 2. The Hall–Kier alpha value is -1.51. The molecule has 0 aliphatic heterocycles. The van der Waals surface area contributed by atoms with Crippen LogP contribution in [0.15, 0.2) is 30.3 Å². The van der Waals surface area contributed by atoms with E-state index in [0.717, 1.165) is 44.2 Å². The molecule has 2 bridgehead atoms. The zero-order valence-electron chi connectivity index (χ0n) is 10.6. The summed E-state index contributed by atoms with van der Waals surface area (Å²) in [6.45, 7) is 0. The third-order valence-electron chi connectivity index (χ3n) is 4.78. The van der Waals surface area contributed by atoms with Gasteiger partial charge in [-0.2, -0.15) is 0 Å². The van der Waals surface area contributed by atoms with Crippen LogP contribution < -0.4 is 11.1 Å². The first-order valence-electron chi connectivity index (χ1n) is 6.77. The third-order valence-corrected chi connectivity index (χ3v) is 4.78. The van der Waals surface area contributed by atoms with E-state index < -0.39 is 0 Å². The number of rotatable bonds is 3. The van der Waals surface area contributed by atoms with Crippen molar-refractivity contribution in [2.45, 2.75) is 44.1 Å². The van der Waals surface area contributed by atoms with Crippen LogP contribution in [0.5, 0.6) is 0 Å². The Balaban J connectivity index is 1.82. The van der Waals surface area contributed by atoms with E-state index in [9.17, 15) is 4.79 Å². The highest BCUT2D eigenvalue weighted by molar-refractivity contribution is 5.82. The fourth-order valence-electron chi connectivity index (χ4n) is 3.83. The lowest BCUT2D eigenvalue weighted by Gasteiger charge is -2.39. The van der Waals surface area contributed by atoms with Crippen LogP contribution in [-0.2, 0) is 4.79 Å². The van der Waals surface area contributed by atoms with Crippen LogP contribution >= 0.6 is 0 Å². The zero-order valence-corrected chi connectivity index (χ0v) is 10.6. The molecule has 2 fully saturated rings. The molecule has 0 saturated heterocycles. The number of nitrogens with two attached hydrogens (primary N) is 1.